The van der Waals surface area contributed by atoms with Gasteiger partial charge in [-0.1, -0.05) is 42.5 Å². The number of amides is 1. The van der Waals surface area contributed by atoms with Gasteiger partial charge in [-0.3, -0.25) is 9.48 Å². The molecule has 41 heavy (non-hydrogen) atoms. The molecule has 2 N–H and O–H groups in total. The topological polar surface area (TPSA) is 110 Å². The highest BCUT2D eigenvalue weighted by Gasteiger charge is 2.46. The third-order valence-corrected chi connectivity index (χ3v) is 11.2. The molecule has 0 radical (unpaired) electrons. The number of rotatable bonds is 10. The van der Waals surface area contributed by atoms with Crippen molar-refractivity contribution in [3.63, 3.8) is 0 Å². The van der Waals surface area contributed by atoms with Crippen molar-refractivity contribution in [1.29, 1.82) is 0 Å². The van der Waals surface area contributed by atoms with E-state index >= 15 is 0 Å². The molecule has 0 bridgehead atoms. The number of hydrogen-bond acceptors (Lipinski definition) is 7. The quantitative estimate of drug-likeness (QED) is 0.337. The fourth-order valence-corrected chi connectivity index (χ4v) is 8.45. The van der Waals surface area contributed by atoms with Crippen LogP contribution in [0.1, 0.15) is 61.4 Å². The standard InChI is InChI=1S/C31H42N4O5Si/c1-21-30(39-2)24-18-23(35-16-9-8-12-29(35)37)13-14-27(24)40-31(21)28(41(3,4)38)15-17-34-19-26(32-33-34)25(20-36)22-10-6-5-7-11-22/h5-7,10-11,13-14,18-19,21,25,28,30-31,36,38H,8-9,12,15-17,20H2,1-4H3/t21-,25?,28?,30-,31-/m1/s1. The highest BCUT2D eigenvalue weighted by molar-refractivity contribution is 6.71. The molecule has 5 atom stereocenters. The predicted octanol–water partition coefficient (Wildman–Crippen LogP) is 4.66. The van der Waals surface area contributed by atoms with Gasteiger partial charge in [0.05, 0.1) is 24.3 Å². The highest BCUT2D eigenvalue weighted by Crippen LogP contribution is 2.47. The number of carbonyl (C=O) groups excluding carboxylic acids is 1. The molecular formula is C31H42N4O5Si. The van der Waals surface area contributed by atoms with Crippen LogP contribution in [0.3, 0.4) is 0 Å². The molecule has 1 saturated heterocycles. The van der Waals surface area contributed by atoms with Gasteiger partial charge in [-0.15, -0.1) is 5.10 Å². The van der Waals surface area contributed by atoms with Gasteiger partial charge in [0.2, 0.25) is 5.91 Å². The fourth-order valence-electron chi connectivity index (χ4n) is 6.44. The molecule has 3 heterocycles. The minimum atomic E-state index is -2.69. The van der Waals surface area contributed by atoms with E-state index < -0.39 is 8.32 Å². The number of nitrogens with zero attached hydrogens (tertiary/aromatic N) is 4. The normalized spacial score (nSPS) is 22.6. The van der Waals surface area contributed by atoms with Gasteiger partial charge >= 0.3 is 0 Å². The lowest BCUT2D eigenvalue weighted by Crippen LogP contribution is -2.48. The molecule has 1 amide bonds. The Hall–Kier alpha value is -3.05. The van der Waals surface area contributed by atoms with Crippen LogP contribution in [0.25, 0.3) is 0 Å². The van der Waals surface area contributed by atoms with Crippen LogP contribution in [-0.2, 0) is 16.1 Å². The maximum Gasteiger partial charge on any atom is 0.226 e. The Kier molecular flexibility index (Phi) is 8.93. The summed E-state index contributed by atoms with van der Waals surface area (Å²) in [6, 6.07) is 15.8. The molecular weight excluding hydrogens is 536 g/mol. The number of ether oxygens (including phenoxy) is 2. The summed E-state index contributed by atoms with van der Waals surface area (Å²) in [5.41, 5.74) is 3.44. The zero-order valence-electron chi connectivity index (χ0n) is 24.4. The minimum Gasteiger partial charge on any atom is -0.490 e. The molecule has 0 aliphatic carbocycles. The summed E-state index contributed by atoms with van der Waals surface area (Å²) in [5, 5.41) is 18.8. The zero-order chi connectivity index (χ0) is 29.1. The molecule has 1 aromatic heterocycles. The third kappa shape index (κ3) is 6.25. The number of aromatic nitrogens is 3. The van der Waals surface area contributed by atoms with E-state index in [0.717, 1.165) is 47.6 Å². The van der Waals surface area contributed by atoms with Crippen LogP contribution in [0.5, 0.6) is 5.75 Å². The first kappa shape index (κ1) is 29.4. The van der Waals surface area contributed by atoms with Crippen LogP contribution in [-0.4, -0.2) is 65.5 Å². The largest absolute Gasteiger partial charge is 0.490 e. The first-order valence-electron chi connectivity index (χ1n) is 14.6. The van der Waals surface area contributed by atoms with Crippen molar-refractivity contribution in [2.75, 3.05) is 25.2 Å². The van der Waals surface area contributed by atoms with E-state index in [9.17, 15) is 14.7 Å². The molecule has 2 aliphatic heterocycles. The summed E-state index contributed by atoms with van der Waals surface area (Å²) < 4.78 is 14.5. The number of piperidine rings is 1. The molecule has 1 fully saturated rings. The summed E-state index contributed by atoms with van der Waals surface area (Å²) in [7, 11) is -0.978. The van der Waals surface area contributed by atoms with Gasteiger partial charge in [0.15, 0.2) is 8.32 Å². The molecule has 0 spiro atoms. The Morgan fingerprint density at radius 1 is 1.17 bits per heavy atom. The number of anilines is 1. The second-order valence-electron chi connectivity index (χ2n) is 11.9. The number of methoxy groups -OCH3 is 1. The van der Waals surface area contributed by atoms with Crippen LogP contribution < -0.4 is 9.64 Å². The molecule has 10 heteroatoms. The van der Waals surface area contributed by atoms with Gasteiger partial charge in [-0.2, -0.15) is 0 Å². The van der Waals surface area contributed by atoms with Crippen molar-refractivity contribution in [3.05, 3.63) is 71.5 Å². The molecule has 220 valence electrons. The number of fused-ring (bicyclic) bond motifs is 1. The lowest BCUT2D eigenvalue weighted by atomic mass is 9.86. The Morgan fingerprint density at radius 2 is 1.95 bits per heavy atom. The van der Waals surface area contributed by atoms with Gasteiger partial charge in [0.25, 0.3) is 0 Å². The van der Waals surface area contributed by atoms with E-state index in [4.69, 9.17) is 9.47 Å². The average molecular weight is 579 g/mol. The number of carbonyl (C=O) groups is 1. The van der Waals surface area contributed by atoms with Crippen LogP contribution in [0, 0.1) is 5.92 Å². The molecule has 2 aromatic carbocycles. The zero-order valence-corrected chi connectivity index (χ0v) is 25.4. The molecule has 5 rings (SSSR count). The monoisotopic (exact) mass is 578 g/mol. The SMILES string of the molecule is CO[C@H]1c2cc(N3CCCCC3=O)ccc2O[C@@H](C(CCn2cc(C(CO)c3ccccc3)nn2)[Si](C)(C)O)[C@@H]1C. The average Bonchev–Trinajstić information content (AvgIpc) is 3.42. The Labute approximate surface area is 243 Å². The number of aryl methyl sites for hydroxylation is 1. The van der Waals surface area contributed by atoms with E-state index in [0.29, 0.717) is 19.4 Å². The van der Waals surface area contributed by atoms with Gasteiger partial charge in [0.1, 0.15) is 11.9 Å². The highest BCUT2D eigenvalue weighted by atomic mass is 28.4. The Bertz CT molecular complexity index is 1330. The van der Waals surface area contributed by atoms with Gasteiger partial charge < -0.3 is 24.3 Å². The van der Waals surface area contributed by atoms with Crippen molar-refractivity contribution in [3.8, 4) is 5.75 Å². The van der Waals surface area contributed by atoms with Crippen LogP contribution in [0.4, 0.5) is 5.69 Å². The van der Waals surface area contributed by atoms with E-state index in [1.54, 1.807) is 11.8 Å². The summed E-state index contributed by atoms with van der Waals surface area (Å²) in [6.45, 7) is 7.28. The van der Waals surface area contributed by atoms with Gasteiger partial charge in [0, 0.05) is 55.5 Å². The van der Waals surface area contributed by atoms with E-state index in [-0.39, 0.29) is 42.1 Å². The third-order valence-electron chi connectivity index (χ3n) is 8.72. The van der Waals surface area contributed by atoms with Crippen LogP contribution in [0.2, 0.25) is 18.6 Å². The fraction of sp³-hybridized carbons (Fsp3) is 0.516. The van der Waals surface area contributed by atoms with Crippen LogP contribution >= 0.6 is 0 Å². The number of benzene rings is 2. The molecule has 0 saturated carbocycles. The summed E-state index contributed by atoms with van der Waals surface area (Å²) in [5.74, 6) is 0.640. The van der Waals surface area contributed by atoms with Crippen molar-refractivity contribution in [2.45, 2.75) is 75.9 Å². The first-order valence-corrected chi connectivity index (χ1v) is 17.7. The maximum absolute atomic E-state index is 12.6. The lowest BCUT2D eigenvalue weighted by molar-refractivity contribution is -0.119. The Morgan fingerprint density at radius 3 is 2.63 bits per heavy atom. The second-order valence-corrected chi connectivity index (χ2v) is 16.0. The molecule has 9 nitrogen and oxygen atoms in total. The second kappa shape index (κ2) is 12.4. The van der Waals surface area contributed by atoms with E-state index in [1.807, 2.05) is 72.7 Å². The number of aliphatic hydroxyl groups is 1. The lowest BCUT2D eigenvalue weighted by Gasteiger charge is -2.44. The molecule has 2 unspecified atom stereocenters. The maximum atomic E-state index is 12.6. The van der Waals surface area contributed by atoms with Gasteiger partial charge in [-0.05, 0) is 56.1 Å². The summed E-state index contributed by atoms with van der Waals surface area (Å²) in [4.78, 5) is 25.9. The molecule has 3 aromatic rings. The number of aliphatic hydroxyl groups excluding tert-OH is 1. The summed E-state index contributed by atoms with van der Waals surface area (Å²) in [6.07, 6.45) is 4.60. The molecule has 2 aliphatic rings. The van der Waals surface area contributed by atoms with E-state index in [2.05, 4.69) is 17.2 Å². The van der Waals surface area contributed by atoms with E-state index in [1.165, 1.54) is 0 Å². The Balaban J connectivity index is 1.35. The van der Waals surface area contributed by atoms with Crippen molar-refractivity contribution in [2.24, 2.45) is 5.92 Å². The van der Waals surface area contributed by atoms with Crippen molar-refractivity contribution < 1.29 is 24.2 Å². The number of hydrogen-bond donors (Lipinski definition) is 2. The predicted molar refractivity (Wildman–Crippen MR) is 159 cm³/mol. The smallest absolute Gasteiger partial charge is 0.226 e. The van der Waals surface area contributed by atoms with Crippen molar-refractivity contribution in [1.82, 2.24) is 15.0 Å². The van der Waals surface area contributed by atoms with Crippen molar-refractivity contribution >= 4 is 19.9 Å². The van der Waals surface area contributed by atoms with Gasteiger partial charge in [-0.25, -0.2) is 0 Å². The first-order chi connectivity index (χ1) is 19.7. The minimum absolute atomic E-state index is 0.0214. The van der Waals surface area contributed by atoms with Crippen LogP contribution in [0.15, 0.2) is 54.7 Å². The summed E-state index contributed by atoms with van der Waals surface area (Å²) >= 11 is 0.